The lowest BCUT2D eigenvalue weighted by Gasteiger charge is -2.12. The van der Waals surface area contributed by atoms with Gasteiger partial charge in [-0.05, 0) is 40.2 Å². The highest BCUT2D eigenvalue weighted by atomic mass is 79.9. The van der Waals surface area contributed by atoms with Crippen LogP contribution in [0.4, 0.5) is 0 Å². The molecule has 0 aliphatic rings. The third-order valence-electron chi connectivity index (χ3n) is 3.12. The van der Waals surface area contributed by atoms with Crippen LogP contribution >= 0.6 is 15.9 Å². The lowest BCUT2D eigenvalue weighted by atomic mass is 10.1. The lowest BCUT2D eigenvalue weighted by Crippen LogP contribution is -1.95. The molecule has 0 aliphatic carbocycles. The number of nitrogens with one attached hydrogen (secondary N) is 1. The molecule has 0 saturated heterocycles. The van der Waals surface area contributed by atoms with Gasteiger partial charge in [-0.25, -0.2) is 4.98 Å². The average Bonchev–Trinajstić information content (AvgIpc) is 2.90. The van der Waals surface area contributed by atoms with Crippen molar-refractivity contribution in [2.24, 2.45) is 0 Å². The summed E-state index contributed by atoms with van der Waals surface area (Å²) in [6, 6.07) is 11.7. The molecule has 3 aromatic rings. The van der Waals surface area contributed by atoms with E-state index >= 15 is 0 Å². The first-order valence-corrected chi connectivity index (χ1v) is 6.89. The lowest BCUT2D eigenvalue weighted by molar-refractivity contribution is 0.356. The van der Waals surface area contributed by atoms with Gasteiger partial charge in [0, 0.05) is 4.47 Å². The van der Waals surface area contributed by atoms with Crippen molar-refractivity contribution in [1.29, 1.82) is 0 Å². The minimum atomic E-state index is 0.654. The van der Waals surface area contributed by atoms with Crippen LogP contribution in [0.1, 0.15) is 0 Å². The van der Waals surface area contributed by atoms with E-state index < -0.39 is 0 Å². The second-order valence-corrected chi connectivity index (χ2v) is 5.11. The quantitative estimate of drug-likeness (QED) is 0.788. The number of hydrogen-bond acceptors (Lipinski definition) is 3. The van der Waals surface area contributed by atoms with Gasteiger partial charge in [-0.1, -0.05) is 12.1 Å². The molecule has 0 fully saturated rings. The van der Waals surface area contributed by atoms with Crippen LogP contribution in [0.2, 0.25) is 0 Å². The van der Waals surface area contributed by atoms with Crippen LogP contribution in [0.5, 0.6) is 11.5 Å². The number of halogens is 1. The molecule has 0 aliphatic heterocycles. The van der Waals surface area contributed by atoms with Gasteiger partial charge in [0.05, 0.1) is 30.8 Å². The first-order chi connectivity index (χ1) is 9.74. The maximum Gasteiger partial charge on any atom is 0.172 e. The van der Waals surface area contributed by atoms with Crippen molar-refractivity contribution >= 4 is 27.0 Å². The molecular weight excluding hydrogens is 320 g/mol. The normalized spacial score (nSPS) is 10.8. The Labute approximate surface area is 124 Å². The highest BCUT2D eigenvalue weighted by Gasteiger charge is 2.18. The van der Waals surface area contributed by atoms with Crippen molar-refractivity contribution in [2.45, 2.75) is 0 Å². The molecule has 3 rings (SSSR count). The van der Waals surface area contributed by atoms with Crippen LogP contribution < -0.4 is 9.47 Å². The summed E-state index contributed by atoms with van der Waals surface area (Å²) in [5.41, 5.74) is 2.75. The Morgan fingerprint density at radius 1 is 1.05 bits per heavy atom. The molecule has 0 atom stereocenters. The van der Waals surface area contributed by atoms with Crippen LogP contribution in [0.3, 0.4) is 0 Å². The summed E-state index contributed by atoms with van der Waals surface area (Å²) >= 11 is 3.55. The fraction of sp³-hybridized carbons (Fsp3) is 0.133. The average molecular weight is 333 g/mol. The van der Waals surface area contributed by atoms with E-state index in [4.69, 9.17) is 9.47 Å². The standard InChI is InChI=1S/C15H13BrN2O2/c1-19-12-8-7-9(16)13(14(12)20-2)15-17-10-5-3-4-6-11(10)18-15/h3-8H,1-2H3,(H,17,18). The molecule has 4 nitrogen and oxygen atoms in total. The molecule has 0 spiro atoms. The highest BCUT2D eigenvalue weighted by Crippen LogP contribution is 2.42. The van der Waals surface area contributed by atoms with Crippen LogP contribution in [0, 0.1) is 0 Å². The fourth-order valence-electron chi connectivity index (χ4n) is 2.19. The number of methoxy groups -OCH3 is 2. The fourth-order valence-corrected chi connectivity index (χ4v) is 2.69. The minimum Gasteiger partial charge on any atom is -0.493 e. The molecule has 0 radical (unpaired) electrons. The first kappa shape index (κ1) is 13.0. The van der Waals surface area contributed by atoms with Gasteiger partial charge in [-0.15, -0.1) is 0 Å². The Hall–Kier alpha value is -2.01. The Balaban J connectivity index is 2.27. The molecule has 0 unspecified atom stereocenters. The van der Waals surface area contributed by atoms with Crippen molar-refractivity contribution in [3.63, 3.8) is 0 Å². The SMILES string of the molecule is COc1ccc(Br)c(-c2nc3ccccc3[nH]2)c1OC. The number of aromatic amines is 1. The van der Waals surface area contributed by atoms with Crippen molar-refractivity contribution < 1.29 is 9.47 Å². The van der Waals surface area contributed by atoms with Gasteiger partial charge >= 0.3 is 0 Å². The zero-order chi connectivity index (χ0) is 14.1. The van der Waals surface area contributed by atoms with Crippen molar-refractivity contribution in [2.75, 3.05) is 14.2 Å². The minimum absolute atomic E-state index is 0.654. The molecule has 20 heavy (non-hydrogen) atoms. The van der Waals surface area contributed by atoms with Gasteiger partial charge in [0.2, 0.25) is 0 Å². The van der Waals surface area contributed by atoms with Crippen molar-refractivity contribution in [3.8, 4) is 22.9 Å². The monoisotopic (exact) mass is 332 g/mol. The molecule has 1 N–H and O–H groups in total. The molecule has 1 aromatic heterocycles. The van der Waals surface area contributed by atoms with E-state index in [0.29, 0.717) is 11.5 Å². The van der Waals surface area contributed by atoms with Gasteiger partial charge < -0.3 is 14.5 Å². The number of hydrogen-bond donors (Lipinski definition) is 1. The topological polar surface area (TPSA) is 47.1 Å². The maximum atomic E-state index is 5.48. The van der Waals surface area contributed by atoms with Gasteiger partial charge in [0.15, 0.2) is 11.5 Å². The molecule has 1 heterocycles. The van der Waals surface area contributed by atoms with Gasteiger partial charge in [-0.2, -0.15) is 0 Å². The summed E-state index contributed by atoms with van der Waals surface area (Å²) in [5, 5.41) is 0. The third kappa shape index (κ3) is 2.04. The Kier molecular flexibility index (Phi) is 3.36. The Morgan fingerprint density at radius 2 is 1.85 bits per heavy atom. The van der Waals surface area contributed by atoms with E-state index in [1.165, 1.54) is 0 Å². The number of H-pyrrole nitrogens is 1. The smallest absolute Gasteiger partial charge is 0.172 e. The predicted molar refractivity (Wildman–Crippen MR) is 82.3 cm³/mol. The largest absolute Gasteiger partial charge is 0.493 e. The van der Waals surface area contributed by atoms with Crippen LogP contribution in [0.25, 0.3) is 22.4 Å². The van der Waals surface area contributed by atoms with Gasteiger partial charge in [0.25, 0.3) is 0 Å². The Bertz CT molecular complexity index is 735. The molecule has 0 saturated carbocycles. The molecule has 2 aromatic carbocycles. The third-order valence-corrected chi connectivity index (χ3v) is 3.78. The van der Waals surface area contributed by atoms with E-state index in [1.807, 2.05) is 36.4 Å². The second kappa shape index (κ2) is 5.17. The second-order valence-electron chi connectivity index (χ2n) is 4.26. The maximum absolute atomic E-state index is 5.48. The zero-order valence-electron chi connectivity index (χ0n) is 11.1. The first-order valence-electron chi connectivity index (χ1n) is 6.10. The number of fused-ring (bicyclic) bond motifs is 1. The number of imidazole rings is 1. The summed E-state index contributed by atoms with van der Waals surface area (Å²) in [6.45, 7) is 0. The van der Waals surface area contributed by atoms with E-state index in [9.17, 15) is 0 Å². The molecule has 5 heteroatoms. The van der Waals surface area contributed by atoms with Gasteiger partial charge in [-0.3, -0.25) is 0 Å². The van der Waals surface area contributed by atoms with E-state index in [1.54, 1.807) is 14.2 Å². The van der Waals surface area contributed by atoms with Crippen LogP contribution in [-0.2, 0) is 0 Å². The number of rotatable bonds is 3. The molecule has 0 amide bonds. The van der Waals surface area contributed by atoms with E-state index in [0.717, 1.165) is 26.9 Å². The van der Waals surface area contributed by atoms with Crippen LogP contribution in [0.15, 0.2) is 40.9 Å². The number of benzene rings is 2. The summed E-state index contributed by atoms with van der Waals surface area (Å²) in [7, 11) is 3.24. The molecular formula is C15H13BrN2O2. The molecule has 0 bridgehead atoms. The van der Waals surface area contributed by atoms with Gasteiger partial charge in [0.1, 0.15) is 5.82 Å². The number of para-hydroxylation sites is 2. The summed E-state index contributed by atoms with van der Waals surface area (Å²) in [4.78, 5) is 7.91. The number of aromatic nitrogens is 2. The summed E-state index contributed by atoms with van der Waals surface area (Å²) in [5.74, 6) is 2.07. The van der Waals surface area contributed by atoms with E-state index in [2.05, 4.69) is 25.9 Å². The van der Waals surface area contributed by atoms with Crippen LogP contribution in [-0.4, -0.2) is 24.2 Å². The summed E-state index contributed by atoms with van der Waals surface area (Å²) in [6.07, 6.45) is 0. The van der Waals surface area contributed by atoms with E-state index in [-0.39, 0.29) is 0 Å². The zero-order valence-corrected chi connectivity index (χ0v) is 12.7. The summed E-state index contributed by atoms with van der Waals surface area (Å²) < 4.78 is 11.7. The Morgan fingerprint density at radius 3 is 2.55 bits per heavy atom. The number of nitrogens with zero attached hydrogens (tertiary/aromatic N) is 1. The van der Waals surface area contributed by atoms with Crippen molar-refractivity contribution in [1.82, 2.24) is 9.97 Å². The number of ether oxygens (including phenoxy) is 2. The predicted octanol–water partition coefficient (Wildman–Crippen LogP) is 4.01. The molecule has 102 valence electrons. The van der Waals surface area contributed by atoms with Crippen molar-refractivity contribution in [3.05, 3.63) is 40.9 Å². The highest BCUT2D eigenvalue weighted by molar-refractivity contribution is 9.10.